The summed E-state index contributed by atoms with van der Waals surface area (Å²) in [7, 11) is 2.70. The van der Waals surface area contributed by atoms with Crippen molar-refractivity contribution in [1.82, 2.24) is 14.8 Å². The molecule has 0 spiro atoms. The van der Waals surface area contributed by atoms with Gasteiger partial charge < -0.3 is 19.9 Å². The van der Waals surface area contributed by atoms with Crippen LogP contribution in [0.2, 0.25) is 5.02 Å². The Balaban J connectivity index is 1.68. The van der Waals surface area contributed by atoms with Crippen LogP contribution in [-0.4, -0.2) is 62.5 Å². The first-order valence-electron chi connectivity index (χ1n) is 9.99. The van der Waals surface area contributed by atoms with Gasteiger partial charge in [0.1, 0.15) is 6.04 Å². The smallest absolute Gasteiger partial charge is 0.314 e. The first-order chi connectivity index (χ1) is 15.5. The lowest BCUT2D eigenvalue weighted by molar-refractivity contribution is -0.385. The molecule has 1 aliphatic rings. The van der Waals surface area contributed by atoms with Crippen LogP contribution in [0.1, 0.15) is 11.1 Å². The highest BCUT2D eigenvalue weighted by molar-refractivity contribution is 6.30. The molecule has 9 nitrogen and oxygen atoms in total. The molecule has 2 heterocycles. The van der Waals surface area contributed by atoms with Gasteiger partial charge in [0.2, 0.25) is 17.4 Å². The Bertz CT molecular complexity index is 1300. The van der Waals surface area contributed by atoms with E-state index in [-0.39, 0.29) is 18.2 Å². The van der Waals surface area contributed by atoms with Gasteiger partial charge in [-0.2, -0.15) is 4.39 Å². The van der Waals surface area contributed by atoms with Crippen molar-refractivity contribution in [3.8, 4) is 0 Å². The molecule has 1 saturated heterocycles. The van der Waals surface area contributed by atoms with Crippen LogP contribution in [0.5, 0.6) is 0 Å². The fourth-order valence-electron chi connectivity index (χ4n) is 4.28. The molecule has 2 amide bonds. The number of H-pyrrole nitrogens is 1. The number of rotatable bonds is 5. The predicted molar refractivity (Wildman–Crippen MR) is 118 cm³/mol. The molecule has 0 aliphatic carbocycles. The summed E-state index contributed by atoms with van der Waals surface area (Å²) in [5.41, 5.74) is -1.63. The van der Waals surface area contributed by atoms with E-state index in [2.05, 4.69) is 4.98 Å². The number of halogens is 2. The number of hydrogen-bond donors (Lipinski definition) is 2. The molecule has 1 aliphatic heterocycles. The number of benzene rings is 2. The molecule has 1 fully saturated rings. The summed E-state index contributed by atoms with van der Waals surface area (Å²) >= 11 is 6.00. The summed E-state index contributed by atoms with van der Waals surface area (Å²) in [6, 6.07) is 7.91. The highest BCUT2D eigenvalue weighted by atomic mass is 35.5. The van der Waals surface area contributed by atoms with Crippen LogP contribution in [0.25, 0.3) is 10.9 Å². The Kier molecular flexibility index (Phi) is 5.59. The van der Waals surface area contributed by atoms with Crippen molar-refractivity contribution in [1.29, 1.82) is 0 Å². The second-order valence-electron chi connectivity index (χ2n) is 8.05. The van der Waals surface area contributed by atoms with Crippen LogP contribution in [0.3, 0.4) is 0 Å². The van der Waals surface area contributed by atoms with Gasteiger partial charge in [-0.3, -0.25) is 19.7 Å². The molecule has 11 heteroatoms. The van der Waals surface area contributed by atoms with Crippen molar-refractivity contribution in [2.24, 2.45) is 0 Å². The van der Waals surface area contributed by atoms with E-state index in [1.54, 1.807) is 24.3 Å². The van der Waals surface area contributed by atoms with Crippen LogP contribution in [0.15, 0.2) is 42.6 Å². The average Bonchev–Trinajstić information content (AvgIpc) is 3.16. The molecule has 1 aromatic heterocycles. The van der Waals surface area contributed by atoms with Crippen molar-refractivity contribution in [2.75, 3.05) is 14.1 Å². The number of carbonyl (C=O) groups excluding carboxylic acids is 2. The molecule has 0 radical (unpaired) electrons. The summed E-state index contributed by atoms with van der Waals surface area (Å²) in [5, 5.41) is 23.1. The fraction of sp³-hybridized carbons (Fsp3) is 0.273. The molecule has 2 atom stereocenters. The Labute approximate surface area is 192 Å². The zero-order valence-electron chi connectivity index (χ0n) is 17.7. The highest BCUT2D eigenvalue weighted by Gasteiger charge is 2.53. The zero-order chi connectivity index (χ0) is 24.1. The Morgan fingerprint density at radius 2 is 2.00 bits per heavy atom. The Hall–Kier alpha value is -3.50. The number of aromatic amines is 1. The number of amides is 2. The number of hydrogen-bond acceptors (Lipinski definition) is 5. The lowest BCUT2D eigenvalue weighted by Crippen LogP contribution is -2.70. The fourth-order valence-corrected chi connectivity index (χ4v) is 4.50. The van der Waals surface area contributed by atoms with E-state index in [0.717, 1.165) is 15.9 Å². The van der Waals surface area contributed by atoms with Crippen LogP contribution < -0.4 is 0 Å². The van der Waals surface area contributed by atoms with Gasteiger partial charge in [0.25, 0.3) is 5.91 Å². The van der Waals surface area contributed by atoms with Gasteiger partial charge in [-0.15, -0.1) is 0 Å². The molecule has 0 bridgehead atoms. The van der Waals surface area contributed by atoms with E-state index in [9.17, 15) is 29.2 Å². The van der Waals surface area contributed by atoms with Gasteiger partial charge in [0.15, 0.2) is 0 Å². The van der Waals surface area contributed by atoms with E-state index < -0.39 is 40.0 Å². The number of nitrogens with zero attached hydrogens (tertiary/aromatic N) is 3. The molecule has 2 N–H and O–H groups in total. The number of aliphatic hydroxyl groups is 1. The van der Waals surface area contributed by atoms with E-state index in [0.29, 0.717) is 21.7 Å². The average molecular weight is 475 g/mol. The molecule has 0 saturated carbocycles. The third-order valence-electron chi connectivity index (χ3n) is 6.09. The van der Waals surface area contributed by atoms with Gasteiger partial charge in [-0.25, -0.2) is 0 Å². The molecular weight excluding hydrogens is 455 g/mol. The van der Waals surface area contributed by atoms with Crippen LogP contribution in [0.4, 0.5) is 10.1 Å². The summed E-state index contributed by atoms with van der Waals surface area (Å²) in [5.74, 6) is -2.27. The van der Waals surface area contributed by atoms with Crippen LogP contribution in [0, 0.1) is 15.9 Å². The molecule has 4 rings (SSSR count). The largest absolute Gasteiger partial charge is 0.363 e. The minimum absolute atomic E-state index is 0.0380. The maximum absolute atomic E-state index is 14.2. The Morgan fingerprint density at radius 1 is 1.27 bits per heavy atom. The van der Waals surface area contributed by atoms with Gasteiger partial charge in [-0.05, 0) is 35.4 Å². The SMILES string of the molecule is CN1C(=O)[C@](O)(Cc2cccc(Cl)c2)N(C)C(=O)[C@@H]1Cc1c[nH]c2ccc(F)c([N+](=O)[O-])c12. The van der Waals surface area contributed by atoms with Crippen molar-refractivity contribution in [3.05, 3.63) is 74.7 Å². The standard InChI is InChI=1S/C22H20ClFN4O5/c1-26-17(9-13-11-25-16-7-6-15(24)19(18(13)16)28(32)33)20(29)27(2)22(31,21(26)30)10-12-4-3-5-14(23)8-12/h3-8,11,17,25,31H,9-10H2,1-2H3/t17-,22+/m0/s1. The summed E-state index contributed by atoms with van der Waals surface area (Å²) < 4.78 is 14.2. The quantitative estimate of drug-likeness (QED) is 0.435. The Morgan fingerprint density at radius 3 is 2.67 bits per heavy atom. The van der Waals surface area contributed by atoms with E-state index in [4.69, 9.17) is 11.6 Å². The third kappa shape index (κ3) is 3.70. The maximum Gasteiger partial charge on any atom is 0.314 e. The minimum atomic E-state index is -2.13. The van der Waals surface area contributed by atoms with E-state index >= 15 is 0 Å². The van der Waals surface area contributed by atoms with Gasteiger partial charge in [-0.1, -0.05) is 23.7 Å². The monoisotopic (exact) mass is 474 g/mol. The predicted octanol–water partition coefficient (Wildman–Crippen LogP) is 2.64. The number of nitro groups is 1. The number of nitro benzene ring substituents is 1. The lowest BCUT2D eigenvalue weighted by atomic mass is 9.92. The first-order valence-corrected chi connectivity index (χ1v) is 10.4. The molecule has 172 valence electrons. The number of piperazine rings is 1. The van der Waals surface area contributed by atoms with Crippen LogP contribution >= 0.6 is 11.6 Å². The lowest BCUT2D eigenvalue weighted by Gasteiger charge is -2.47. The van der Waals surface area contributed by atoms with Gasteiger partial charge in [0, 0.05) is 38.2 Å². The number of nitrogens with one attached hydrogen (secondary N) is 1. The normalized spacial score (nSPS) is 21.2. The summed E-state index contributed by atoms with van der Waals surface area (Å²) in [6.07, 6.45) is 1.17. The van der Waals surface area contributed by atoms with E-state index in [1.807, 2.05) is 0 Å². The number of likely N-dealkylation sites (N-methyl/N-ethyl adjacent to an activating group) is 2. The van der Waals surface area contributed by atoms with Crippen molar-refractivity contribution in [3.63, 3.8) is 0 Å². The van der Waals surface area contributed by atoms with Crippen molar-refractivity contribution < 1.29 is 24.0 Å². The molecular formula is C22H20ClFN4O5. The molecule has 33 heavy (non-hydrogen) atoms. The van der Waals surface area contributed by atoms with Gasteiger partial charge in [0.05, 0.1) is 15.8 Å². The summed E-state index contributed by atoms with van der Waals surface area (Å²) in [4.78, 5) is 42.0. The molecule has 0 unspecified atom stereocenters. The maximum atomic E-state index is 14.2. The van der Waals surface area contributed by atoms with E-state index in [1.165, 1.54) is 26.4 Å². The second-order valence-corrected chi connectivity index (χ2v) is 8.48. The summed E-state index contributed by atoms with van der Waals surface area (Å²) in [6.45, 7) is 0. The highest BCUT2D eigenvalue weighted by Crippen LogP contribution is 2.34. The van der Waals surface area contributed by atoms with Gasteiger partial charge >= 0.3 is 5.69 Å². The zero-order valence-corrected chi connectivity index (χ0v) is 18.5. The number of carbonyl (C=O) groups is 2. The first kappa shape index (κ1) is 22.7. The number of aromatic nitrogens is 1. The second kappa shape index (κ2) is 8.13. The third-order valence-corrected chi connectivity index (χ3v) is 6.32. The van der Waals surface area contributed by atoms with Crippen molar-refractivity contribution in [2.45, 2.75) is 24.6 Å². The topological polar surface area (TPSA) is 120 Å². The minimum Gasteiger partial charge on any atom is -0.363 e. The molecule has 2 aromatic carbocycles. The van der Waals surface area contributed by atoms with Crippen LogP contribution in [-0.2, 0) is 22.4 Å². The van der Waals surface area contributed by atoms with Crippen molar-refractivity contribution >= 4 is 40.0 Å². The molecule has 3 aromatic rings. The number of fused-ring (bicyclic) bond motifs is 1.